The van der Waals surface area contributed by atoms with Crippen LogP contribution in [0.25, 0.3) is 0 Å². The van der Waals surface area contributed by atoms with Gasteiger partial charge in [0.1, 0.15) is 11.6 Å². The van der Waals surface area contributed by atoms with Gasteiger partial charge in [-0.3, -0.25) is 14.5 Å². The van der Waals surface area contributed by atoms with Crippen LogP contribution < -0.4 is 5.32 Å². The number of cyclic esters (lactones) is 1. The first kappa shape index (κ1) is 25.8. The Labute approximate surface area is 213 Å². The number of carbonyl (C=O) groups is 3. The monoisotopic (exact) mass is 507 g/mol. The van der Waals surface area contributed by atoms with Gasteiger partial charge in [-0.05, 0) is 61.4 Å². The maximum atomic E-state index is 13.9. The van der Waals surface area contributed by atoms with Crippen LogP contribution in [0.2, 0.25) is 0 Å². The van der Waals surface area contributed by atoms with E-state index in [4.69, 9.17) is 4.74 Å². The fraction of sp³-hybridized carbons (Fsp3) is 0.250. The van der Waals surface area contributed by atoms with Gasteiger partial charge in [-0.25, -0.2) is 13.6 Å². The van der Waals surface area contributed by atoms with Gasteiger partial charge in [0.2, 0.25) is 5.91 Å². The molecule has 3 aromatic carbocycles. The zero-order chi connectivity index (χ0) is 26.5. The first-order valence-corrected chi connectivity index (χ1v) is 12.0. The average Bonchev–Trinajstić information content (AvgIpc) is 3.22. The zero-order valence-corrected chi connectivity index (χ0v) is 20.5. The minimum atomic E-state index is -0.934. The molecule has 1 N–H and O–H groups in total. The Morgan fingerprint density at radius 2 is 1.59 bits per heavy atom. The highest BCUT2D eigenvalue weighted by Crippen LogP contribution is 2.35. The van der Waals surface area contributed by atoms with Crippen molar-refractivity contribution < 1.29 is 27.9 Å². The summed E-state index contributed by atoms with van der Waals surface area (Å²) < 4.78 is 33.0. The van der Waals surface area contributed by atoms with Crippen molar-refractivity contribution in [2.75, 3.05) is 18.4 Å². The van der Waals surface area contributed by atoms with E-state index in [0.29, 0.717) is 29.9 Å². The van der Waals surface area contributed by atoms with Crippen LogP contribution >= 0.6 is 0 Å². The molecule has 1 aliphatic rings. The summed E-state index contributed by atoms with van der Waals surface area (Å²) in [6.45, 7) is 4.69. The molecule has 0 aliphatic carbocycles. The van der Waals surface area contributed by atoms with Gasteiger partial charge in [0.05, 0.1) is 12.1 Å². The molecule has 3 aromatic rings. The van der Waals surface area contributed by atoms with Crippen molar-refractivity contribution in [3.05, 3.63) is 101 Å². The van der Waals surface area contributed by atoms with Crippen molar-refractivity contribution in [2.45, 2.75) is 32.5 Å². The van der Waals surface area contributed by atoms with Gasteiger partial charge in [0, 0.05) is 18.8 Å². The molecule has 0 bridgehead atoms. The third kappa shape index (κ3) is 5.61. The quantitative estimate of drug-likeness (QED) is 0.458. The van der Waals surface area contributed by atoms with Crippen molar-refractivity contribution in [1.82, 2.24) is 9.80 Å². The van der Waals surface area contributed by atoms with E-state index in [0.717, 1.165) is 0 Å². The number of nitrogens with one attached hydrogen (secondary N) is 1. The Bertz CT molecular complexity index is 1280. The molecule has 192 valence electrons. The predicted molar refractivity (Wildman–Crippen MR) is 134 cm³/mol. The summed E-state index contributed by atoms with van der Waals surface area (Å²) in [5, 5.41) is 2.64. The number of amides is 3. The van der Waals surface area contributed by atoms with E-state index in [9.17, 15) is 23.2 Å². The van der Waals surface area contributed by atoms with E-state index in [1.165, 1.54) is 35.2 Å². The second-order valence-electron chi connectivity index (χ2n) is 8.57. The highest BCUT2D eigenvalue weighted by molar-refractivity contribution is 6.04. The maximum Gasteiger partial charge on any atom is 0.411 e. The number of ether oxygens (including phenoxy) is 1. The molecule has 0 spiro atoms. The van der Waals surface area contributed by atoms with E-state index in [2.05, 4.69) is 5.32 Å². The summed E-state index contributed by atoms with van der Waals surface area (Å²) in [4.78, 5) is 41.8. The second-order valence-corrected chi connectivity index (χ2v) is 8.57. The van der Waals surface area contributed by atoms with E-state index in [1.54, 1.807) is 47.4 Å². The lowest BCUT2D eigenvalue weighted by atomic mass is 9.99. The lowest BCUT2D eigenvalue weighted by molar-refractivity contribution is -0.136. The normalized spacial score (nSPS) is 16.9. The van der Waals surface area contributed by atoms with Crippen LogP contribution in [0.15, 0.2) is 72.8 Å². The summed E-state index contributed by atoms with van der Waals surface area (Å²) in [5.41, 5.74) is 1.54. The third-order valence-corrected chi connectivity index (χ3v) is 6.29. The number of likely N-dealkylation sites (N-methyl/N-ethyl adjacent to an activating group) is 1. The Morgan fingerprint density at radius 3 is 2.22 bits per heavy atom. The highest BCUT2D eigenvalue weighted by Gasteiger charge is 2.48. The summed E-state index contributed by atoms with van der Waals surface area (Å²) in [5.74, 6) is -1.89. The number of benzene rings is 3. The average molecular weight is 508 g/mol. The molecule has 2 unspecified atom stereocenters. The molecule has 1 heterocycles. The molecule has 3 amide bonds. The van der Waals surface area contributed by atoms with Crippen molar-refractivity contribution in [1.29, 1.82) is 0 Å². The lowest BCUT2D eigenvalue weighted by Gasteiger charge is -2.29. The number of rotatable bonds is 8. The maximum absolute atomic E-state index is 13.9. The van der Waals surface area contributed by atoms with E-state index in [1.807, 2.05) is 13.8 Å². The van der Waals surface area contributed by atoms with Crippen LogP contribution in [0.5, 0.6) is 0 Å². The summed E-state index contributed by atoms with van der Waals surface area (Å²) >= 11 is 0. The molecule has 37 heavy (non-hydrogen) atoms. The highest BCUT2D eigenvalue weighted by atomic mass is 19.1. The molecule has 1 fully saturated rings. The number of hydrogen-bond donors (Lipinski definition) is 1. The Hall–Kier alpha value is -4.27. The fourth-order valence-electron chi connectivity index (χ4n) is 4.30. The van der Waals surface area contributed by atoms with Gasteiger partial charge >= 0.3 is 6.09 Å². The number of anilines is 1. The molecular formula is C28H27F2N3O4. The van der Waals surface area contributed by atoms with E-state index < -0.39 is 35.8 Å². The zero-order valence-electron chi connectivity index (χ0n) is 20.5. The first-order valence-electron chi connectivity index (χ1n) is 12.0. The lowest BCUT2D eigenvalue weighted by Crippen LogP contribution is -2.48. The Kier molecular flexibility index (Phi) is 7.81. The van der Waals surface area contributed by atoms with Crippen LogP contribution in [-0.2, 0) is 16.1 Å². The van der Waals surface area contributed by atoms with Gasteiger partial charge in [0.15, 0.2) is 12.1 Å². The Balaban J connectivity index is 1.58. The van der Waals surface area contributed by atoms with Gasteiger partial charge in [-0.15, -0.1) is 0 Å². The molecule has 4 rings (SSSR count). The summed E-state index contributed by atoms with van der Waals surface area (Å²) in [6, 6.07) is 16.9. The first-order chi connectivity index (χ1) is 17.8. The largest absolute Gasteiger partial charge is 0.438 e. The van der Waals surface area contributed by atoms with Crippen molar-refractivity contribution in [3.8, 4) is 0 Å². The van der Waals surface area contributed by atoms with Crippen LogP contribution in [0.1, 0.15) is 41.4 Å². The number of nitrogens with zero attached hydrogens (tertiary/aromatic N) is 2. The van der Waals surface area contributed by atoms with Crippen molar-refractivity contribution in [2.24, 2.45) is 0 Å². The van der Waals surface area contributed by atoms with Crippen LogP contribution in [-0.4, -0.2) is 46.8 Å². The predicted octanol–water partition coefficient (Wildman–Crippen LogP) is 5.15. The van der Waals surface area contributed by atoms with Gasteiger partial charge in [-0.1, -0.05) is 36.4 Å². The topological polar surface area (TPSA) is 79.0 Å². The van der Waals surface area contributed by atoms with E-state index >= 15 is 0 Å². The summed E-state index contributed by atoms with van der Waals surface area (Å²) in [7, 11) is 0. The molecule has 9 heteroatoms. The number of halogens is 2. The molecule has 0 radical (unpaired) electrons. The van der Waals surface area contributed by atoms with Gasteiger partial charge < -0.3 is 15.0 Å². The molecule has 1 saturated heterocycles. The van der Waals surface area contributed by atoms with Crippen LogP contribution in [0, 0.1) is 11.6 Å². The third-order valence-electron chi connectivity index (χ3n) is 6.29. The van der Waals surface area contributed by atoms with Crippen molar-refractivity contribution in [3.63, 3.8) is 0 Å². The molecule has 0 saturated carbocycles. The summed E-state index contributed by atoms with van der Waals surface area (Å²) in [6.07, 6.45) is -1.55. The second kappa shape index (κ2) is 11.2. The molecule has 1 aliphatic heterocycles. The molecule has 0 aromatic heterocycles. The molecular weight excluding hydrogens is 480 g/mol. The van der Waals surface area contributed by atoms with Gasteiger partial charge in [0.25, 0.3) is 5.91 Å². The fourth-order valence-corrected chi connectivity index (χ4v) is 4.30. The van der Waals surface area contributed by atoms with E-state index in [-0.39, 0.29) is 18.0 Å². The smallest absolute Gasteiger partial charge is 0.411 e. The number of carbonyl (C=O) groups excluding carboxylic acids is 3. The standard InChI is InChI=1S/C28H27F2N3O4/c1-3-32(4-2)27(35)24-25(37-28(36)33(24)17-18-9-13-20(29)14-10-18)19-11-15-21(16-12-19)31-26(34)22-7-5-6-8-23(22)30/h5-16,24-25H,3-4,17H2,1-2H3,(H,31,34). The SMILES string of the molecule is CCN(CC)C(=O)C1C(c2ccc(NC(=O)c3ccccc3F)cc2)OC(=O)N1Cc1ccc(F)cc1. The Morgan fingerprint density at radius 1 is 0.946 bits per heavy atom. The number of hydrogen-bond acceptors (Lipinski definition) is 4. The molecule has 7 nitrogen and oxygen atoms in total. The van der Waals surface area contributed by atoms with Crippen LogP contribution in [0.3, 0.4) is 0 Å². The van der Waals surface area contributed by atoms with Gasteiger partial charge in [-0.2, -0.15) is 0 Å². The van der Waals surface area contributed by atoms with Crippen LogP contribution in [0.4, 0.5) is 19.3 Å². The minimum absolute atomic E-state index is 0.0735. The minimum Gasteiger partial charge on any atom is -0.438 e. The molecule has 2 atom stereocenters. The van der Waals surface area contributed by atoms with Crippen molar-refractivity contribution >= 4 is 23.6 Å².